The monoisotopic (exact) mass is 377 g/mol. The van der Waals surface area contributed by atoms with E-state index in [0.29, 0.717) is 30.6 Å². The number of anilines is 1. The van der Waals surface area contributed by atoms with E-state index in [1.54, 1.807) is 18.2 Å². The zero-order chi connectivity index (χ0) is 18.7. The summed E-state index contributed by atoms with van der Waals surface area (Å²) >= 11 is 0. The molecule has 3 rings (SSSR count). The second-order valence-electron chi connectivity index (χ2n) is 6.84. The fraction of sp³-hybridized carbons (Fsp3) is 0.474. The van der Waals surface area contributed by atoms with E-state index in [1.807, 2.05) is 6.08 Å². The summed E-state index contributed by atoms with van der Waals surface area (Å²) in [6, 6.07) is 4.97. The molecule has 2 aliphatic rings. The first-order valence-corrected chi connectivity index (χ1v) is 10.7. The number of esters is 1. The minimum absolute atomic E-state index is 0.211. The van der Waals surface area contributed by atoms with E-state index in [2.05, 4.69) is 6.08 Å². The van der Waals surface area contributed by atoms with Crippen molar-refractivity contribution >= 4 is 27.5 Å². The van der Waals surface area contributed by atoms with Crippen molar-refractivity contribution in [2.75, 3.05) is 23.7 Å². The number of nitrogens with zero attached hydrogens (tertiary/aromatic N) is 1. The van der Waals surface area contributed by atoms with Crippen molar-refractivity contribution in [2.24, 2.45) is 5.92 Å². The van der Waals surface area contributed by atoms with Gasteiger partial charge in [0, 0.05) is 12.1 Å². The molecule has 0 radical (unpaired) electrons. The Morgan fingerprint density at radius 1 is 1.31 bits per heavy atom. The Balaban J connectivity index is 1.63. The van der Waals surface area contributed by atoms with Gasteiger partial charge >= 0.3 is 5.97 Å². The van der Waals surface area contributed by atoms with Crippen LogP contribution >= 0.6 is 0 Å². The zero-order valence-corrected chi connectivity index (χ0v) is 15.6. The number of hydrogen-bond donors (Lipinski definition) is 0. The first-order valence-electron chi connectivity index (χ1n) is 8.81. The number of benzene rings is 1. The zero-order valence-electron chi connectivity index (χ0n) is 14.8. The Morgan fingerprint density at radius 2 is 2.12 bits per heavy atom. The first-order chi connectivity index (χ1) is 12.3. The lowest BCUT2D eigenvalue weighted by molar-refractivity contribution is -0.143. The quantitative estimate of drug-likeness (QED) is 0.432. The van der Waals surface area contributed by atoms with Crippen molar-refractivity contribution in [2.45, 2.75) is 32.1 Å². The number of ether oxygens (including phenoxy) is 1. The van der Waals surface area contributed by atoms with Gasteiger partial charge in [0.2, 0.25) is 10.0 Å². The molecule has 140 valence electrons. The van der Waals surface area contributed by atoms with Crippen LogP contribution in [0.2, 0.25) is 0 Å². The summed E-state index contributed by atoms with van der Waals surface area (Å²) in [7, 11) is -3.33. The van der Waals surface area contributed by atoms with Crippen LogP contribution in [0.1, 0.15) is 41.6 Å². The van der Waals surface area contributed by atoms with Gasteiger partial charge in [-0.25, -0.2) is 8.42 Å². The summed E-state index contributed by atoms with van der Waals surface area (Å²) in [4.78, 5) is 24.2. The summed E-state index contributed by atoms with van der Waals surface area (Å²) in [6.45, 7) is 0.163. The standard InChI is InChI=1S/C19H23NO5S/c1-26(23,24)20-10-4-7-15-12-16(8-9-17(15)20)18(21)13-25-19(22)11-14-5-2-3-6-14/h2,5,8-9,12,14H,3-4,6-7,10-11,13H2,1H3/t14-/m0/s1. The summed E-state index contributed by atoms with van der Waals surface area (Å²) in [5.41, 5.74) is 1.89. The molecule has 1 atom stereocenters. The molecule has 0 spiro atoms. The van der Waals surface area contributed by atoms with Gasteiger partial charge in [-0.2, -0.15) is 0 Å². The van der Waals surface area contributed by atoms with Crippen LogP contribution in [0.25, 0.3) is 0 Å². The number of Topliss-reactive ketones (excluding diaryl/α,β-unsaturated/α-hetero) is 1. The van der Waals surface area contributed by atoms with Crippen LogP contribution in [-0.2, 0) is 26.0 Å². The van der Waals surface area contributed by atoms with E-state index in [1.165, 1.54) is 10.6 Å². The molecule has 0 aromatic heterocycles. The largest absolute Gasteiger partial charge is 0.457 e. The summed E-state index contributed by atoms with van der Waals surface area (Å²) in [5, 5.41) is 0. The fourth-order valence-corrected chi connectivity index (χ4v) is 4.44. The molecule has 0 unspecified atom stereocenters. The van der Waals surface area contributed by atoms with Gasteiger partial charge in [0.05, 0.1) is 18.4 Å². The smallest absolute Gasteiger partial charge is 0.306 e. The Labute approximate surface area is 153 Å². The summed E-state index contributed by atoms with van der Waals surface area (Å²) < 4.78 is 30.2. The number of ketones is 1. The Bertz CT molecular complexity index is 843. The van der Waals surface area contributed by atoms with E-state index < -0.39 is 10.0 Å². The lowest BCUT2D eigenvalue weighted by Crippen LogP contribution is -2.34. The van der Waals surface area contributed by atoms with E-state index in [4.69, 9.17) is 4.74 Å². The second kappa shape index (κ2) is 7.61. The van der Waals surface area contributed by atoms with E-state index >= 15 is 0 Å². The van der Waals surface area contributed by atoms with Crippen LogP contribution < -0.4 is 4.31 Å². The van der Waals surface area contributed by atoms with Gasteiger partial charge in [0.1, 0.15) is 0 Å². The van der Waals surface area contributed by atoms with Crippen molar-refractivity contribution in [3.05, 3.63) is 41.5 Å². The van der Waals surface area contributed by atoms with Crippen LogP contribution in [0, 0.1) is 5.92 Å². The molecule has 0 saturated carbocycles. The van der Waals surface area contributed by atoms with Crippen LogP contribution in [-0.4, -0.2) is 39.6 Å². The highest BCUT2D eigenvalue weighted by Crippen LogP contribution is 2.30. The number of aryl methyl sites for hydroxylation is 1. The normalized spacial score (nSPS) is 19.3. The van der Waals surface area contributed by atoms with E-state index in [9.17, 15) is 18.0 Å². The van der Waals surface area contributed by atoms with Crippen molar-refractivity contribution in [1.29, 1.82) is 0 Å². The number of carbonyl (C=O) groups excluding carboxylic acids is 2. The van der Waals surface area contributed by atoms with Crippen LogP contribution in [0.4, 0.5) is 5.69 Å². The molecule has 1 aliphatic heterocycles. The molecule has 0 fully saturated rings. The molecule has 0 amide bonds. The minimum Gasteiger partial charge on any atom is -0.457 e. The minimum atomic E-state index is -3.33. The fourth-order valence-electron chi connectivity index (χ4n) is 3.45. The topological polar surface area (TPSA) is 80.8 Å². The molecule has 0 N–H and O–H groups in total. The maximum absolute atomic E-state index is 12.3. The number of hydrogen-bond acceptors (Lipinski definition) is 5. The predicted octanol–water partition coefficient (Wildman–Crippen LogP) is 2.48. The molecular weight excluding hydrogens is 354 g/mol. The highest BCUT2D eigenvalue weighted by Gasteiger charge is 2.25. The van der Waals surface area contributed by atoms with Crippen molar-refractivity contribution < 1.29 is 22.7 Å². The van der Waals surface area contributed by atoms with E-state index in [-0.39, 0.29) is 24.3 Å². The van der Waals surface area contributed by atoms with Crippen LogP contribution in [0.3, 0.4) is 0 Å². The number of allylic oxidation sites excluding steroid dienone is 2. The van der Waals surface area contributed by atoms with Crippen molar-refractivity contribution in [3.63, 3.8) is 0 Å². The summed E-state index contributed by atoms with van der Waals surface area (Å²) in [6.07, 6.45) is 8.91. The second-order valence-corrected chi connectivity index (χ2v) is 8.74. The Kier molecular flexibility index (Phi) is 5.46. The number of rotatable bonds is 6. The molecule has 6 nitrogen and oxygen atoms in total. The third-order valence-corrected chi connectivity index (χ3v) is 5.96. The third kappa shape index (κ3) is 4.33. The molecule has 7 heteroatoms. The number of fused-ring (bicyclic) bond motifs is 1. The van der Waals surface area contributed by atoms with Gasteiger partial charge in [0.15, 0.2) is 12.4 Å². The van der Waals surface area contributed by atoms with Gasteiger partial charge in [-0.3, -0.25) is 13.9 Å². The molecule has 1 heterocycles. The first kappa shape index (κ1) is 18.6. The maximum atomic E-state index is 12.3. The lowest BCUT2D eigenvalue weighted by Gasteiger charge is -2.29. The number of carbonyl (C=O) groups is 2. The van der Waals surface area contributed by atoms with Crippen molar-refractivity contribution in [3.8, 4) is 0 Å². The average Bonchev–Trinajstić information content (AvgIpc) is 3.10. The van der Waals surface area contributed by atoms with Crippen LogP contribution in [0.15, 0.2) is 30.4 Å². The van der Waals surface area contributed by atoms with Gasteiger partial charge in [0.25, 0.3) is 0 Å². The molecule has 0 bridgehead atoms. The highest BCUT2D eigenvalue weighted by atomic mass is 32.2. The lowest BCUT2D eigenvalue weighted by atomic mass is 9.99. The van der Waals surface area contributed by atoms with Crippen LogP contribution in [0.5, 0.6) is 0 Å². The Morgan fingerprint density at radius 3 is 2.81 bits per heavy atom. The number of sulfonamides is 1. The van der Waals surface area contributed by atoms with Crippen molar-refractivity contribution in [1.82, 2.24) is 0 Å². The van der Waals surface area contributed by atoms with Gasteiger partial charge < -0.3 is 4.74 Å². The predicted molar refractivity (Wildman–Crippen MR) is 98.7 cm³/mol. The molecule has 26 heavy (non-hydrogen) atoms. The Hall–Kier alpha value is -2.15. The van der Waals surface area contributed by atoms with Gasteiger partial charge in [-0.1, -0.05) is 12.2 Å². The third-order valence-electron chi connectivity index (χ3n) is 4.78. The SMILES string of the molecule is CS(=O)(=O)N1CCCc2cc(C(=O)COC(=O)C[C@H]3C=CCC3)ccc21. The molecular formula is C19H23NO5S. The van der Waals surface area contributed by atoms with Gasteiger partial charge in [-0.15, -0.1) is 0 Å². The maximum Gasteiger partial charge on any atom is 0.306 e. The summed E-state index contributed by atoms with van der Waals surface area (Å²) in [5.74, 6) is -0.431. The van der Waals surface area contributed by atoms with E-state index in [0.717, 1.165) is 24.8 Å². The highest BCUT2D eigenvalue weighted by molar-refractivity contribution is 7.92. The average molecular weight is 377 g/mol. The van der Waals surface area contributed by atoms with Gasteiger partial charge in [-0.05, 0) is 55.4 Å². The molecule has 1 aromatic rings. The molecule has 1 aliphatic carbocycles. The molecule has 0 saturated heterocycles. The molecule has 1 aromatic carbocycles.